The Morgan fingerprint density at radius 3 is 2.67 bits per heavy atom. The number of nitrogens with one attached hydrogen (secondary N) is 2. The number of methoxy groups -OCH3 is 1. The highest BCUT2D eigenvalue weighted by molar-refractivity contribution is 7.98. The van der Waals surface area contributed by atoms with Crippen molar-refractivity contribution in [1.29, 1.82) is 0 Å². The van der Waals surface area contributed by atoms with E-state index in [2.05, 4.69) is 10.6 Å². The summed E-state index contributed by atoms with van der Waals surface area (Å²) in [4.78, 5) is 11.1. The molecule has 0 saturated heterocycles. The monoisotopic (exact) mass is 256 g/mol. The minimum Gasteiger partial charge on any atom is -0.383 e. The van der Waals surface area contributed by atoms with Gasteiger partial charge in [0.25, 0.3) is 0 Å². The minimum atomic E-state index is 0. The summed E-state index contributed by atoms with van der Waals surface area (Å²) in [5.74, 6) is 1.02. The summed E-state index contributed by atoms with van der Waals surface area (Å²) < 4.78 is 4.87. The Balaban J connectivity index is 0. The lowest BCUT2D eigenvalue weighted by Crippen LogP contribution is -2.33. The molecular formula is C9H21ClN2O2S. The van der Waals surface area contributed by atoms with Gasteiger partial charge in [0.1, 0.15) is 0 Å². The zero-order valence-electron chi connectivity index (χ0n) is 9.38. The molecule has 0 aliphatic rings. The summed E-state index contributed by atoms with van der Waals surface area (Å²) >= 11 is 1.69. The van der Waals surface area contributed by atoms with E-state index in [0.717, 1.165) is 18.8 Å². The molecule has 92 valence electrons. The second-order valence-corrected chi connectivity index (χ2v) is 3.82. The zero-order valence-corrected chi connectivity index (χ0v) is 11.0. The minimum absolute atomic E-state index is 0. The van der Waals surface area contributed by atoms with Crippen LogP contribution >= 0.6 is 24.2 Å². The van der Waals surface area contributed by atoms with Crippen LogP contribution in [0.3, 0.4) is 0 Å². The fraction of sp³-hybridized carbons (Fsp3) is 0.889. The standard InChI is InChI=1S/C9H20N2O2S.ClH/c1-13-7-6-10-4-5-11-9(12)3-8-14-2;/h10H,3-8H2,1-2H3,(H,11,12);1H. The first-order valence-corrected chi connectivity index (χ1v) is 6.16. The van der Waals surface area contributed by atoms with Gasteiger partial charge in [-0.2, -0.15) is 11.8 Å². The van der Waals surface area contributed by atoms with Crippen molar-refractivity contribution in [1.82, 2.24) is 10.6 Å². The Hall–Kier alpha value is 0.0300. The molecule has 0 radical (unpaired) electrons. The second kappa shape index (κ2) is 14.0. The third-order valence-electron chi connectivity index (χ3n) is 1.64. The van der Waals surface area contributed by atoms with Gasteiger partial charge in [0.05, 0.1) is 6.61 Å². The van der Waals surface area contributed by atoms with E-state index in [-0.39, 0.29) is 18.3 Å². The number of carbonyl (C=O) groups is 1. The van der Waals surface area contributed by atoms with E-state index in [4.69, 9.17) is 4.74 Å². The second-order valence-electron chi connectivity index (χ2n) is 2.84. The Morgan fingerprint density at radius 2 is 2.07 bits per heavy atom. The zero-order chi connectivity index (χ0) is 10.6. The number of ether oxygens (including phenoxy) is 1. The van der Waals surface area contributed by atoms with Crippen LogP contribution in [0.2, 0.25) is 0 Å². The van der Waals surface area contributed by atoms with Gasteiger partial charge in [-0.25, -0.2) is 0 Å². The summed E-state index contributed by atoms with van der Waals surface area (Å²) in [5, 5.41) is 5.99. The maximum Gasteiger partial charge on any atom is 0.220 e. The van der Waals surface area contributed by atoms with Crippen molar-refractivity contribution in [2.24, 2.45) is 0 Å². The summed E-state index contributed by atoms with van der Waals surface area (Å²) in [6, 6.07) is 0. The summed E-state index contributed by atoms with van der Waals surface area (Å²) in [5.41, 5.74) is 0. The summed E-state index contributed by atoms with van der Waals surface area (Å²) in [6.45, 7) is 3.03. The van der Waals surface area contributed by atoms with Crippen LogP contribution in [0.1, 0.15) is 6.42 Å². The molecule has 0 aromatic heterocycles. The summed E-state index contributed by atoms with van der Waals surface area (Å²) in [7, 11) is 1.67. The van der Waals surface area contributed by atoms with Gasteiger partial charge in [0.15, 0.2) is 0 Å². The molecule has 0 heterocycles. The quantitative estimate of drug-likeness (QED) is 0.591. The normalized spacial score (nSPS) is 9.47. The third kappa shape index (κ3) is 14.0. The third-order valence-corrected chi connectivity index (χ3v) is 2.25. The highest BCUT2D eigenvalue weighted by Gasteiger charge is 1.98. The maximum absolute atomic E-state index is 11.1. The van der Waals surface area contributed by atoms with Crippen LogP contribution in [0.15, 0.2) is 0 Å². The molecule has 0 aromatic carbocycles. The van der Waals surface area contributed by atoms with Crippen LogP contribution in [0, 0.1) is 0 Å². The molecule has 0 aliphatic heterocycles. The Morgan fingerprint density at radius 1 is 1.33 bits per heavy atom. The molecule has 0 saturated carbocycles. The number of rotatable bonds is 9. The predicted molar refractivity (Wildman–Crippen MR) is 68.0 cm³/mol. The fourth-order valence-electron chi connectivity index (χ4n) is 0.873. The molecule has 0 bridgehead atoms. The van der Waals surface area contributed by atoms with Gasteiger partial charge in [0, 0.05) is 38.9 Å². The van der Waals surface area contributed by atoms with E-state index < -0.39 is 0 Å². The molecule has 0 aromatic rings. The first-order chi connectivity index (χ1) is 6.81. The number of hydrogen-bond acceptors (Lipinski definition) is 4. The highest BCUT2D eigenvalue weighted by Crippen LogP contribution is 1.93. The first kappa shape index (κ1) is 17.4. The molecule has 2 N–H and O–H groups in total. The lowest BCUT2D eigenvalue weighted by atomic mass is 10.4. The van der Waals surface area contributed by atoms with Crippen LogP contribution in [0.25, 0.3) is 0 Å². The molecule has 0 fully saturated rings. The van der Waals surface area contributed by atoms with Gasteiger partial charge in [-0.15, -0.1) is 12.4 Å². The number of thioether (sulfide) groups is 1. The van der Waals surface area contributed by atoms with Crippen LogP contribution < -0.4 is 10.6 Å². The van der Waals surface area contributed by atoms with Gasteiger partial charge in [0.2, 0.25) is 5.91 Å². The van der Waals surface area contributed by atoms with E-state index in [0.29, 0.717) is 19.6 Å². The molecule has 0 aliphatic carbocycles. The molecule has 0 atom stereocenters. The van der Waals surface area contributed by atoms with E-state index in [1.165, 1.54) is 0 Å². The lowest BCUT2D eigenvalue weighted by Gasteiger charge is -2.05. The van der Waals surface area contributed by atoms with Crippen molar-refractivity contribution in [3.63, 3.8) is 0 Å². The van der Waals surface area contributed by atoms with E-state index in [1.807, 2.05) is 6.26 Å². The molecular weight excluding hydrogens is 236 g/mol. The topological polar surface area (TPSA) is 50.4 Å². The van der Waals surface area contributed by atoms with Crippen LogP contribution in [-0.2, 0) is 9.53 Å². The summed E-state index contributed by atoms with van der Waals surface area (Å²) in [6.07, 6.45) is 2.61. The number of halogens is 1. The Kier molecular flexibility index (Phi) is 16.3. The SMILES string of the molecule is COCCNCCNC(=O)CCSC.Cl. The number of hydrogen-bond donors (Lipinski definition) is 2. The molecule has 1 amide bonds. The van der Waals surface area contributed by atoms with Gasteiger partial charge in [-0.05, 0) is 6.26 Å². The number of carbonyl (C=O) groups excluding carboxylic acids is 1. The van der Waals surface area contributed by atoms with Gasteiger partial charge in [-0.1, -0.05) is 0 Å². The Bertz CT molecular complexity index is 150. The Labute approximate surface area is 102 Å². The molecule has 0 unspecified atom stereocenters. The fourth-order valence-corrected chi connectivity index (χ4v) is 1.26. The van der Waals surface area contributed by atoms with E-state index in [1.54, 1.807) is 18.9 Å². The van der Waals surface area contributed by atoms with Gasteiger partial charge >= 0.3 is 0 Å². The molecule has 6 heteroatoms. The largest absolute Gasteiger partial charge is 0.383 e. The van der Waals surface area contributed by atoms with Gasteiger partial charge in [-0.3, -0.25) is 4.79 Å². The molecule has 4 nitrogen and oxygen atoms in total. The van der Waals surface area contributed by atoms with Crippen LogP contribution in [-0.4, -0.2) is 51.3 Å². The molecule has 0 rings (SSSR count). The lowest BCUT2D eigenvalue weighted by molar-refractivity contribution is -0.120. The van der Waals surface area contributed by atoms with Crippen molar-refractivity contribution in [3.8, 4) is 0 Å². The maximum atomic E-state index is 11.1. The predicted octanol–water partition coefficient (Wildman–Crippen LogP) is 0.513. The first-order valence-electron chi connectivity index (χ1n) is 4.76. The molecule has 0 spiro atoms. The van der Waals surface area contributed by atoms with Crippen molar-refractivity contribution in [2.45, 2.75) is 6.42 Å². The van der Waals surface area contributed by atoms with Crippen molar-refractivity contribution in [2.75, 3.05) is 45.4 Å². The number of amides is 1. The van der Waals surface area contributed by atoms with E-state index in [9.17, 15) is 4.79 Å². The average molecular weight is 257 g/mol. The van der Waals surface area contributed by atoms with Crippen LogP contribution in [0.4, 0.5) is 0 Å². The van der Waals surface area contributed by atoms with Crippen LogP contribution in [0.5, 0.6) is 0 Å². The van der Waals surface area contributed by atoms with Gasteiger partial charge < -0.3 is 15.4 Å². The van der Waals surface area contributed by atoms with Crippen molar-refractivity contribution in [3.05, 3.63) is 0 Å². The van der Waals surface area contributed by atoms with Crippen molar-refractivity contribution >= 4 is 30.1 Å². The van der Waals surface area contributed by atoms with Crippen molar-refractivity contribution < 1.29 is 9.53 Å². The van der Waals surface area contributed by atoms with E-state index >= 15 is 0 Å². The highest BCUT2D eigenvalue weighted by atomic mass is 35.5. The molecule has 15 heavy (non-hydrogen) atoms. The average Bonchev–Trinajstić information content (AvgIpc) is 2.20. The smallest absolute Gasteiger partial charge is 0.220 e.